The Morgan fingerprint density at radius 1 is 1.07 bits per heavy atom. The fourth-order valence-corrected chi connectivity index (χ4v) is 3.55. The summed E-state index contributed by atoms with van der Waals surface area (Å²) >= 11 is 4.31. The van der Waals surface area contributed by atoms with Crippen LogP contribution in [0.3, 0.4) is 0 Å². The number of benzene rings is 2. The molecule has 0 aliphatic rings. The van der Waals surface area contributed by atoms with Gasteiger partial charge in [0.25, 0.3) is 11.8 Å². The second-order valence-electron chi connectivity index (χ2n) is 5.88. The van der Waals surface area contributed by atoms with E-state index in [1.54, 1.807) is 29.0 Å². The van der Waals surface area contributed by atoms with Gasteiger partial charge in [-0.1, -0.05) is 12.1 Å². The van der Waals surface area contributed by atoms with Crippen LogP contribution < -0.4 is 10.6 Å². The highest BCUT2D eigenvalue weighted by Gasteiger charge is 2.18. The van der Waals surface area contributed by atoms with Gasteiger partial charge in [0.1, 0.15) is 5.82 Å². The first-order valence-electron chi connectivity index (χ1n) is 8.39. The van der Waals surface area contributed by atoms with Crippen LogP contribution >= 0.6 is 27.3 Å². The first-order valence-corrected chi connectivity index (χ1v) is 10.1. The molecule has 0 atom stereocenters. The highest BCUT2D eigenvalue weighted by Crippen LogP contribution is 2.27. The third kappa shape index (κ3) is 5.28. The largest absolute Gasteiger partial charge is 0.452 e. The van der Waals surface area contributed by atoms with Gasteiger partial charge in [-0.05, 0) is 45.6 Å². The van der Waals surface area contributed by atoms with Crippen molar-refractivity contribution in [3.63, 3.8) is 0 Å². The Kier molecular flexibility index (Phi) is 6.91. The van der Waals surface area contributed by atoms with Crippen LogP contribution in [0.5, 0.6) is 0 Å². The van der Waals surface area contributed by atoms with Crippen LogP contribution in [0.25, 0.3) is 0 Å². The fourth-order valence-electron chi connectivity index (χ4n) is 2.40. The number of carbonyl (C=O) groups is 3. The van der Waals surface area contributed by atoms with Crippen LogP contribution in [0.2, 0.25) is 0 Å². The zero-order valence-electron chi connectivity index (χ0n) is 15.1. The zero-order chi connectivity index (χ0) is 21.7. The van der Waals surface area contributed by atoms with Crippen LogP contribution in [0.4, 0.5) is 20.2 Å². The van der Waals surface area contributed by atoms with E-state index in [4.69, 9.17) is 4.74 Å². The SMILES string of the molecule is O=C(COC(=O)c1ccccc1NC(=O)c1ccsc1)Nc1c(F)cc(F)cc1Br. The lowest BCUT2D eigenvalue weighted by atomic mass is 10.1. The number of anilines is 2. The van der Waals surface area contributed by atoms with E-state index in [1.165, 1.54) is 23.5 Å². The van der Waals surface area contributed by atoms with Crippen molar-refractivity contribution < 1.29 is 27.9 Å². The molecule has 3 aromatic rings. The third-order valence-electron chi connectivity index (χ3n) is 3.78. The van der Waals surface area contributed by atoms with Crippen molar-refractivity contribution in [2.75, 3.05) is 17.2 Å². The lowest BCUT2D eigenvalue weighted by molar-refractivity contribution is -0.119. The number of thiophene rings is 1. The minimum Gasteiger partial charge on any atom is -0.452 e. The topological polar surface area (TPSA) is 84.5 Å². The molecule has 2 aromatic carbocycles. The summed E-state index contributed by atoms with van der Waals surface area (Å²) in [4.78, 5) is 36.6. The predicted molar refractivity (Wildman–Crippen MR) is 112 cm³/mol. The van der Waals surface area contributed by atoms with Gasteiger partial charge >= 0.3 is 5.97 Å². The summed E-state index contributed by atoms with van der Waals surface area (Å²) < 4.78 is 31.9. The van der Waals surface area contributed by atoms with Gasteiger partial charge in [-0.15, -0.1) is 0 Å². The molecule has 1 aromatic heterocycles. The first kappa shape index (κ1) is 21.6. The molecule has 0 aliphatic carbocycles. The number of rotatable bonds is 6. The number of hydrogen-bond acceptors (Lipinski definition) is 5. The Hall–Kier alpha value is -3.11. The molecule has 0 aliphatic heterocycles. The van der Waals surface area contributed by atoms with Crippen LogP contribution in [-0.4, -0.2) is 24.4 Å². The fraction of sp³-hybridized carbons (Fsp3) is 0.0500. The normalized spacial score (nSPS) is 10.4. The number of ether oxygens (including phenoxy) is 1. The van der Waals surface area contributed by atoms with Crippen molar-refractivity contribution >= 4 is 56.4 Å². The van der Waals surface area contributed by atoms with Crippen LogP contribution in [0, 0.1) is 11.6 Å². The van der Waals surface area contributed by atoms with Crippen molar-refractivity contribution in [1.82, 2.24) is 0 Å². The molecule has 10 heteroatoms. The summed E-state index contributed by atoms with van der Waals surface area (Å²) in [6.45, 7) is -0.713. The second-order valence-corrected chi connectivity index (χ2v) is 7.51. The third-order valence-corrected chi connectivity index (χ3v) is 5.09. The molecule has 0 saturated heterocycles. The van der Waals surface area contributed by atoms with Gasteiger partial charge in [0.2, 0.25) is 0 Å². The van der Waals surface area contributed by atoms with Crippen molar-refractivity contribution in [3.8, 4) is 0 Å². The molecule has 30 heavy (non-hydrogen) atoms. The molecule has 0 fully saturated rings. The molecule has 0 radical (unpaired) electrons. The number of para-hydroxylation sites is 1. The van der Waals surface area contributed by atoms with E-state index in [9.17, 15) is 23.2 Å². The molecule has 0 saturated carbocycles. The number of halogens is 3. The Morgan fingerprint density at radius 2 is 1.83 bits per heavy atom. The second kappa shape index (κ2) is 9.59. The van der Waals surface area contributed by atoms with E-state index in [-0.39, 0.29) is 21.4 Å². The van der Waals surface area contributed by atoms with Crippen molar-refractivity contribution in [1.29, 1.82) is 0 Å². The van der Waals surface area contributed by atoms with E-state index in [0.717, 1.165) is 6.07 Å². The summed E-state index contributed by atoms with van der Waals surface area (Å²) in [5.74, 6) is -3.88. The molecule has 0 spiro atoms. The van der Waals surface area contributed by atoms with Crippen LogP contribution in [0.15, 0.2) is 57.7 Å². The number of amides is 2. The Balaban J connectivity index is 1.64. The molecule has 154 valence electrons. The Morgan fingerprint density at radius 3 is 2.53 bits per heavy atom. The Labute approximate surface area is 182 Å². The number of nitrogens with one attached hydrogen (secondary N) is 2. The van der Waals surface area contributed by atoms with Gasteiger partial charge in [0, 0.05) is 15.9 Å². The van der Waals surface area contributed by atoms with E-state index in [1.807, 2.05) is 0 Å². The maximum Gasteiger partial charge on any atom is 0.340 e. The summed E-state index contributed by atoms with van der Waals surface area (Å²) in [6, 6.07) is 9.38. The maximum atomic E-state index is 13.8. The van der Waals surface area contributed by atoms with Crippen LogP contribution in [-0.2, 0) is 9.53 Å². The lowest BCUT2D eigenvalue weighted by Crippen LogP contribution is -2.22. The monoisotopic (exact) mass is 494 g/mol. The lowest BCUT2D eigenvalue weighted by Gasteiger charge is -2.11. The van der Waals surface area contributed by atoms with Gasteiger partial charge in [-0.25, -0.2) is 13.6 Å². The average molecular weight is 495 g/mol. The molecule has 0 unspecified atom stereocenters. The summed E-state index contributed by atoms with van der Waals surface area (Å²) in [5, 5.41) is 8.23. The zero-order valence-corrected chi connectivity index (χ0v) is 17.5. The highest BCUT2D eigenvalue weighted by molar-refractivity contribution is 9.10. The van der Waals surface area contributed by atoms with Gasteiger partial charge in [-0.3, -0.25) is 9.59 Å². The number of hydrogen-bond donors (Lipinski definition) is 2. The van der Waals surface area contributed by atoms with E-state index >= 15 is 0 Å². The molecular formula is C20H13BrF2N2O4S. The van der Waals surface area contributed by atoms with Gasteiger partial charge in [0.05, 0.1) is 22.5 Å². The smallest absolute Gasteiger partial charge is 0.340 e. The van der Waals surface area contributed by atoms with Gasteiger partial charge in [0.15, 0.2) is 12.4 Å². The summed E-state index contributed by atoms with van der Waals surface area (Å²) in [6.07, 6.45) is 0. The maximum absolute atomic E-state index is 13.8. The molecule has 6 nitrogen and oxygen atoms in total. The van der Waals surface area contributed by atoms with Gasteiger partial charge in [-0.2, -0.15) is 11.3 Å². The molecular weight excluding hydrogens is 482 g/mol. The van der Waals surface area contributed by atoms with Crippen molar-refractivity contribution in [3.05, 3.63) is 80.5 Å². The first-order chi connectivity index (χ1) is 14.3. The Bertz CT molecular complexity index is 1080. The number of esters is 1. The molecule has 2 amide bonds. The molecule has 0 bridgehead atoms. The van der Waals surface area contributed by atoms with Crippen LogP contribution in [0.1, 0.15) is 20.7 Å². The average Bonchev–Trinajstić information content (AvgIpc) is 3.24. The summed E-state index contributed by atoms with van der Waals surface area (Å²) in [7, 11) is 0. The molecule has 1 heterocycles. The predicted octanol–water partition coefficient (Wildman–Crippen LogP) is 4.84. The summed E-state index contributed by atoms with van der Waals surface area (Å²) in [5.41, 5.74) is 0.421. The van der Waals surface area contributed by atoms with E-state index < -0.39 is 36.0 Å². The van der Waals surface area contributed by atoms with E-state index in [0.29, 0.717) is 11.6 Å². The van der Waals surface area contributed by atoms with Crippen molar-refractivity contribution in [2.45, 2.75) is 0 Å². The quantitative estimate of drug-likeness (QED) is 0.480. The molecule has 2 N–H and O–H groups in total. The van der Waals surface area contributed by atoms with Crippen molar-refractivity contribution in [2.24, 2.45) is 0 Å². The minimum atomic E-state index is -0.983. The highest BCUT2D eigenvalue weighted by atomic mass is 79.9. The van der Waals surface area contributed by atoms with Gasteiger partial charge < -0.3 is 15.4 Å². The molecule has 3 rings (SSSR count). The minimum absolute atomic E-state index is 0.00108. The van der Waals surface area contributed by atoms with E-state index in [2.05, 4.69) is 26.6 Å². The standard InChI is InChI=1S/C20H13BrF2N2O4S/c21-14-7-12(22)8-15(23)18(14)25-17(26)9-29-20(28)13-3-1-2-4-16(13)24-19(27)11-5-6-30-10-11/h1-8,10H,9H2,(H,24,27)(H,25,26). The number of carbonyl (C=O) groups excluding carboxylic acids is 3.